The molecular weight excluding hydrogens is 396 g/mol. The minimum absolute atomic E-state index is 0.104. The molecule has 1 atom stereocenters. The number of hydrogen-bond donors (Lipinski definition) is 0. The van der Waals surface area contributed by atoms with Gasteiger partial charge in [0.1, 0.15) is 5.56 Å². The monoisotopic (exact) mass is 414 g/mol. The second-order valence-electron chi connectivity index (χ2n) is 6.61. The van der Waals surface area contributed by atoms with E-state index in [1.807, 2.05) is 0 Å². The summed E-state index contributed by atoms with van der Waals surface area (Å²) in [7, 11) is 0. The Morgan fingerprint density at radius 1 is 1.07 bits per heavy atom. The number of rotatable bonds is 5. The summed E-state index contributed by atoms with van der Waals surface area (Å²) in [5.41, 5.74) is -0.347. The Kier molecular flexibility index (Phi) is 5.48. The molecule has 1 saturated heterocycles. The zero-order chi connectivity index (χ0) is 21.1. The maximum atomic E-state index is 13.1. The maximum absolute atomic E-state index is 13.1. The number of nitro groups is 1. The van der Waals surface area contributed by atoms with Crippen LogP contribution in [0.4, 0.5) is 5.69 Å². The zero-order valence-electron chi connectivity index (χ0n) is 15.8. The molecule has 10 nitrogen and oxygen atoms in total. The molecule has 0 unspecified atom stereocenters. The highest BCUT2D eigenvalue weighted by Gasteiger charge is 2.34. The van der Waals surface area contributed by atoms with Crippen LogP contribution in [0.1, 0.15) is 22.0 Å². The number of ether oxygens (including phenoxy) is 4. The van der Waals surface area contributed by atoms with Crippen molar-refractivity contribution in [3.05, 3.63) is 63.7 Å². The number of carbonyl (C=O) groups excluding carboxylic acids is 2. The average Bonchev–Trinajstić information content (AvgIpc) is 3.25. The van der Waals surface area contributed by atoms with E-state index in [4.69, 9.17) is 18.9 Å². The molecule has 0 saturated carbocycles. The molecule has 2 heterocycles. The predicted octanol–water partition coefficient (Wildman–Crippen LogP) is 2.08. The lowest BCUT2D eigenvalue weighted by molar-refractivity contribution is -0.385. The Morgan fingerprint density at radius 3 is 2.40 bits per heavy atom. The minimum Gasteiger partial charge on any atom is -0.454 e. The van der Waals surface area contributed by atoms with Crippen LogP contribution >= 0.6 is 0 Å². The van der Waals surface area contributed by atoms with E-state index in [1.54, 1.807) is 35.2 Å². The van der Waals surface area contributed by atoms with Gasteiger partial charge in [0.25, 0.3) is 11.6 Å². The van der Waals surface area contributed by atoms with Crippen molar-refractivity contribution in [1.82, 2.24) is 4.90 Å². The third kappa shape index (κ3) is 3.90. The molecule has 30 heavy (non-hydrogen) atoms. The summed E-state index contributed by atoms with van der Waals surface area (Å²) < 4.78 is 21.1. The molecular formula is C20H18N2O8. The number of amides is 1. The van der Waals surface area contributed by atoms with E-state index in [0.717, 1.165) is 6.07 Å². The predicted molar refractivity (Wildman–Crippen MR) is 101 cm³/mol. The average molecular weight is 414 g/mol. The molecule has 2 aromatic carbocycles. The first-order valence-electron chi connectivity index (χ1n) is 9.25. The number of carbonyl (C=O) groups is 2. The highest BCUT2D eigenvalue weighted by molar-refractivity contribution is 5.97. The van der Waals surface area contributed by atoms with Crippen LogP contribution in [0.25, 0.3) is 0 Å². The molecule has 1 fully saturated rings. The normalized spacial score (nSPS) is 16.1. The molecule has 4 rings (SSSR count). The zero-order valence-corrected chi connectivity index (χ0v) is 15.8. The van der Waals surface area contributed by atoms with E-state index in [2.05, 4.69) is 0 Å². The molecule has 0 spiro atoms. The number of nitro benzene ring substituents is 1. The van der Waals surface area contributed by atoms with Crippen molar-refractivity contribution in [1.29, 1.82) is 0 Å². The summed E-state index contributed by atoms with van der Waals surface area (Å²) in [6.45, 7) is 1.39. The first-order valence-corrected chi connectivity index (χ1v) is 9.25. The van der Waals surface area contributed by atoms with Crippen LogP contribution in [0, 0.1) is 10.1 Å². The molecule has 2 aromatic rings. The SMILES string of the molecule is O=C(O[C@@H](C(=O)N1CCOCC1)c1ccccc1)c1cc2c(cc1[N+](=O)[O-])OCO2. The quantitative estimate of drug-likeness (QED) is 0.415. The standard InChI is InChI=1S/C20H18N2O8/c23-19(21-6-8-27-9-7-21)18(13-4-2-1-3-5-13)30-20(24)14-10-16-17(29-12-28-16)11-15(14)22(25)26/h1-5,10-11,18H,6-9,12H2/t18-/m1/s1. The van der Waals surface area contributed by atoms with Gasteiger partial charge in [0.15, 0.2) is 11.5 Å². The smallest absolute Gasteiger partial charge is 0.346 e. The van der Waals surface area contributed by atoms with Crippen molar-refractivity contribution in [2.24, 2.45) is 0 Å². The lowest BCUT2D eigenvalue weighted by atomic mass is 10.1. The van der Waals surface area contributed by atoms with Gasteiger partial charge in [-0.05, 0) is 0 Å². The van der Waals surface area contributed by atoms with Crippen molar-refractivity contribution in [2.45, 2.75) is 6.10 Å². The van der Waals surface area contributed by atoms with Gasteiger partial charge in [-0.2, -0.15) is 0 Å². The Labute approximate surface area is 171 Å². The number of nitrogens with zero attached hydrogens (tertiary/aromatic N) is 2. The van der Waals surface area contributed by atoms with Gasteiger partial charge in [0, 0.05) is 24.7 Å². The number of esters is 1. The van der Waals surface area contributed by atoms with Crippen molar-refractivity contribution in [3.8, 4) is 11.5 Å². The molecule has 1 amide bonds. The number of hydrogen-bond acceptors (Lipinski definition) is 8. The summed E-state index contributed by atoms with van der Waals surface area (Å²) in [5, 5.41) is 11.5. The van der Waals surface area contributed by atoms with Crippen LogP contribution in [0.3, 0.4) is 0 Å². The van der Waals surface area contributed by atoms with Crippen molar-refractivity contribution in [3.63, 3.8) is 0 Å². The molecule has 10 heteroatoms. The van der Waals surface area contributed by atoms with Crippen molar-refractivity contribution < 1.29 is 33.5 Å². The number of fused-ring (bicyclic) bond motifs is 1. The fraction of sp³-hybridized carbons (Fsp3) is 0.300. The topological polar surface area (TPSA) is 117 Å². The van der Waals surface area contributed by atoms with Crippen LogP contribution in [0.15, 0.2) is 42.5 Å². The summed E-state index contributed by atoms with van der Waals surface area (Å²) >= 11 is 0. The third-order valence-electron chi connectivity index (χ3n) is 4.78. The summed E-state index contributed by atoms with van der Waals surface area (Å²) in [6.07, 6.45) is -1.25. The third-order valence-corrected chi connectivity index (χ3v) is 4.78. The van der Waals surface area contributed by atoms with Crippen molar-refractivity contribution in [2.75, 3.05) is 33.1 Å². The summed E-state index contributed by atoms with van der Waals surface area (Å²) in [5.74, 6) is -1.05. The van der Waals surface area contributed by atoms with E-state index in [9.17, 15) is 19.7 Å². The lowest BCUT2D eigenvalue weighted by Crippen LogP contribution is -2.44. The molecule has 2 aliphatic rings. The minimum atomic E-state index is -1.25. The van der Waals surface area contributed by atoms with Crippen LogP contribution in [0.2, 0.25) is 0 Å². The molecule has 0 radical (unpaired) electrons. The second-order valence-corrected chi connectivity index (χ2v) is 6.61. The molecule has 0 bridgehead atoms. The Bertz CT molecular complexity index is 972. The lowest BCUT2D eigenvalue weighted by Gasteiger charge is -2.30. The molecule has 0 aliphatic carbocycles. The van der Waals surface area contributed by atoms with E-state index < -0.39 is 28.6 Å². The van der Waals surface area contributed by atoms with Gasteiger partial charge >= 0.3 is 5.97 Å². The van der Waals surface area contributed by atoms with E-state index >= 15 is 0 Å². The molecule has 156 valence electrons. The maximum Gasteiger partial charge on any atom is 0.346 e. The summed E-state index contributed by atoms with van der Waals surface area (Å²) in [4.78, 5) is 38.3. The van der Waals surface area contributed by atoms with Gasteiger partial charge in [0.2, 0.25) is 12.9 Å². The van der Waals surface area contributed by atoms with Gasteiger partial charge in [-0.3, -0.25) is 14.9 Å². The first-order chi connectivity index (χ1) is 14.5. The Balaban J connectivity index is 1.65. The van der Waals surface area contributed by atoms with Gasteiger partial charge in [-0.1, -0.05) is 30.3 Å². The fourth-order valence-corrected chi connectivity index (χ4v) is 3.25. The molecule has 0 aromatic heterocycles. The highest BCUT2D eigenvalue weighted by atomic mass is 16.7. The van der Waals surface area contributed by atoms with Gasteiger partial charge in [0.05, 0.1) is 24.2 Å². The van der Waals surface area contributed by atoms with Gasteiger partial charge < -0.3 is 23.8 Å². The van der Waals surface area contributed by atoms with Crippen LogP contribution in [-0.2, 0) is 14.3 Å². The van der Waals surface area contributed by atoms with E-state index in [0.29, 0.717) is 31.9 Å². The van der Waals surface area contributed by atoms with Crippen molar-refractivity contribution >= 4 is 17.6 Å². The molecule has 0 N–H and O–H groups in total. The van der Waals surface area contributed by atoms with E-state index in [-0.39, 0.29) is 23.9 Å². The van der Waals surface area contributed by atoms with Gasteiger partial charge in [-0.15, -0.1) is 0 Å². The van der Waals surface area contributed by atoms with Crippen LogP contribution in [-0.4, -0.2) is 54.8 Å². The highest BCUT2D eigenvalue weighted by Crippen LogP contribution is 2.38. The second kappa shape index (κ2) is 8.37. The van der Waals surface area contributed by atoms with E-state index in [1.165, 1.54) is 6.07 Å². The largest absolute Gasteiger partial charge is 0.454 e. The Hall–Kier alpha value is -3.66. The summed E-state index contributed by atoms with van der Waals surface area (Å²) in [6, 6.07) is 10.8. The molecule has 2 aliphatic heterocycles. The van der Waals surface area contributed by atoms with Crippen LogP contribution in [0.5, 0.6) is 11.5 Å². The number of benzene rings is 2. The number of morpholine rings is 1. The fourth-order valence-electron chi connectivity index (χ4n) is 3.25. The Morgan fingerprint density at radius 2 is 1.73 bits per heavy atom. The first kappa shape index (κ1) is 19.6. The van der Waals surface area contributed by atoms with Crippen LogP contribution < -0.4 is 9.47 Å². The van der Waals surface area contributed by atoms with Gasteiger partial charge in [-0.25, -0.2) is 4.79 Å².